The monoisotopic (exact) mass is 1250 g/mol. The second-order valence-corrected chi connectivity index (χ2v) is 30.5. The standard InChI is InChI=1S/C52H47Br2N3O12S6/c1-2-3-4-5-6-11-36-55(70(58,59)47-32-22-45(23-33-47)56(72(62,63)49-28-18-43(53)19-29-49)73(64,65)50-30-20-44(54)21-31-50)71(60,61)48-34-24-46(25-35-48)57(74(66,67)51-26-16-39-12-7-9-14-41(39)37-51)75(68,69)52-27-17-40-13-8-10-15-42(40)38-52/h7-10,12-35,37-38H,2-6,11,36H2,1H3. The van der Waals surface area contributed by atoms with Gasteiger partial charge in [-0.3, -0.25) is 0 Å². The lowest BCUT2D eigenvalue weighted by molar-refractivity contribution is 0.479. The molecule has 0 fully saturated rings. The van der Waals surface area contributed by atoms with Crippen molar-refractivity contribution < 1.29 is 50.5 Å². The number of halogens is 2. The van der Waals surface area contributed by atoms with Crippen LogP contribution in [0, 0.1) is 0 Å². The molecule has 0 saturated carbocycles. The average Bonchev–Trinajstić information content (AvgIpc) is 3.38. The molecule has 0 amide bonds. The van der Waals surface area contributed by atoms with Gasteiger partial charge in [0.05, 0.1) is 40.7 Å². The summed E-state index contributed by atoms with van der Waals surface area (Å²) in [6.07, 6.45) is 3.79. The largest absolute Gasteiger partial charge is 0.277 e. The molecule has 392 valence electrons. The van der Waals surface area contributed by atoms with E-state index in [0.29, 0.717) is 43.3 Å². The van der Waals surface area contributed by atoms with Crippen LogP contribution in [0.1, 0.15) is 45.4 Å². The molecule has 0 aliphatic carbocycles. The van der Waals surface area contributed by atoms with Gasteiger partial charge in [0.2, 0.25) is 0 Å². The van der Waals surface area contributed by atoms with Crippen LogP contribution in [0.3, 0.4) is 0 Å². The molecule has 0 radical (unpaired) electrons. The predicted molar refractivity (Wildman–Crippen MR) is 297 cm³/mol. The third kappa shape index (κ3) is 11.5. The fourth-order valence-electron chi connectivity index (χ4n) is 8.17. The van der Waals surface area contributed by atoms with Gasteiger partial charge in [-0.15, -0.1) is 0 Å². The summed E-state index contributed by atoms with van der Waals surface area (Å²) in [7, 11) is -30.1. The summed E-state index contributed by atoms with van der Waals surface area (Å²) in [5.74, 6) is 0. The second kappa shape index (κ2) is 22.2. The average molecular weight is 1260 g/mol. The SMILES string of the molecule is CCCCCCCCN(S(=O)(=O)c1ccc(N(S(=O)(=O)c2ccc(Br)cc2)S(=O)(=O)c2ccc(Br)cc2)cc1)S(=O)(=O)c1ccc(N(S(=O)(=O)c2ccc3ccccc3c2)S(=O)(=O)c2ccc3ccccc3c2)cc1. The first kappa shape index (κ1) is 55.7. The van der Waals surface area contributed by atoms with Crippen LogP contribution < -0.4 is 7.42 Å². The minimum absolute atomic E-state index is 0.0742. The lowest BCUT2D eigenvalue weighted by Crippen LogP contribution is -2.38. The smallest absolute Gasteiger partial charge is 0.206 e. The normalized spacial score (nSPS) is 12.8. The number of nitrogens with zero attached hydrogens (tertiary/aromatic N) is 3. The van der Waals surface area contributed by atoms with Crippen LogP contribution in [0.5, 0.6) is 0 Å². The highest BCUT2D eigenvalue weighted by Gasteiger charge is 2.41. The third-order valence-corrected chi connectivity index (χ3v) is 25.8. The van der Waals surface area contributed by atoms with Crippen LogP contribution in [0.2, 0.25) is 0 Å². The molecular formula is C52H47Br2N3O12S6. The summed E-state index contributed by atoms with van der Waals surface area (Å²) in [6, 6.07) is 39.7. The van der Waals surface area contributed by atoms with Gasteiger partial charge in [-0.1, -0.05) is 135 Å². The highest BCUT2D eigenvalue weighted by molar-refractivity contribution is 9.10. The molecular weight excluding hydrogens is 1210 g/mol. The van der Waals surface area contributed by atoms with Crippen molar-refractivity contribution in [3.05, 3.63) is 191 Å². The Balaban J connectivity index is 1.20. The van der Waals surface area contributed by atoms with Gasteiger partial charge in [-0.05, 0) is 149 Å². The van der Waals surface area contributed by atoms with E-state index >= 15 is 0 Å². The van der Waals surface area contributed by atoms with E-state index in [0.717, 1.165) is 67.8 Å². The fourth-order valence-corrected chi connectivity index (χ4v) is 19.9. The summed E-state index contributed by atoms with van der Waals surface area (Å²) in [5, 5.41) is 2.36. The first-order valence-electron chi connectivity index (χ1n) is 23.1. The van der Waals surface area contributed by atoms with E-state index in [2.05, 4.69) is 31.9 Å². The lowest BCUT2D eigenvalue weighted by atomic mass is 10.1. The Morgan fingerprint density at radius 2 is 0.613 bits per heavy atom. The van der Waals surface area contributed by atoms with Crippen molar-refractivity contribution in [3.63, 3.8) is 0 Å². The topological polar surface area (TPSA) is 215 Å². The van der Waals surface area contributed by atoms with Crippen molar-refractivity contribution in [2.75, 3.05) is 14.0 Å². The van der Waals surface area contributed by atoms with E-state index in [1.165, 1.54) is 84.9 Å². The Hall–Kier alpha value is -5.50. The minimum Gasteiger partial charge on any atom is -0.206 e. The Labute approximate surface area is 455 Å². The molecule has 8 aromatic carbocycles. The van der Waals surface area contributed by atoms with Crippen molar-refractivity contribution in [1.82, 2.24) is 3.71 Å². The number of sulfonamides is 6. The van der Waals surface area contributed by atoms with Gasteiger partial charge < -0.3 is 0 Å². The van der Waals surface area contributed by atoms with E-state index < -0.39 is 97.6 Å². The maximum Gasteiger partial charge on any atom is 0.277 e. The summed E-state index contributed by atoms with van der Waals surface area (Å²) in [6.45, 7) is 1.45. The Morgan fingerprint density at radius 1 is 0.320 bits per heavy atom. The van der Waals surface area contributed by atoms with E-state index in [9.17, 15) is 50.5 Å². The molecule has 0 aliphatic rings. The molecule has 75 heavy (non-hydrogen) atoms. The number of benzene rings is 8. The molecule has 0 saturated heterocycles. The molecule has 0 atom stereocenters. The maximum absolute atomic E-state index is 14.8. The molecule has 8 aromatic rings. The van der Waals surface area contributed by atoms with Crippen molar-refractivity contribution in [2.24, 2.45) is 0 Å². The van der Waals surface area contributed by atoms with E-state index in [1.54, 1.807) is 48.5 Å². The van der Waals surface area contributed by atoms with Gasteiger partial charge in [0.25, 0.3) is 60.1 Å². The van der Waals surface area contributed by atoms with Crippen LogP contribution in [0.15, 0.2) is 220 Å². The summed E-state index contributed by atoms with van der Waals surface area (Å²) in [5.41, 5.74) is -0.987. The zero-order chi connectivity index (χ0) is 54.0. The summed E-state index contributed by atoms with van der Waals surface area (Å²) in [4.78, 5) is -2.88. The van der Waals surface area contributed by atoms with Gasteiger partial charge >= 0.3 is 0 Å². The molecule has 0 unspecified atom stereocenters. The van der Waals surface area contributed by atoms with Gasteiger partial charge in [0.1, 0.15) is 0 Å². The number of hydrogen-bond acceptors (Lipinski definition) is 12. The zero-order valence-corrected chi connectivity index (χ0v) is 47.8. The van der Waals surface area contributed by atoms with Crippen LogP contribution >= 0.6 is 31.9 Å². The molecule has 15 nitrogen and oxygen atoms in total. The highest BCUT2D eigenvalue weighted by atomic mass is 79.9. The third-order valence-electron chi connectivity index (χ3n) is 12.1. The fraction of sp³-hybridized carbons (Fsp3) is 0.154. The van der Waals surface area contributed by atoms with Crippen LogP contribution in [0.25, 0.3) is 21.5 Å². The molecule has 0 bridgehead atoms. The zero-order valence-electron chi connectivity index (χ0n) is 39.7. The van der Waals surface area contributed by atoms with Gasteiger partial charge in [-0.2, -0.15) is 7.42 Å². The minimum atomic E-state index is -5.10. The van der Waals surface area contributed by atoms with E-state index in [4.69, 9.17) is 0 Å². The molecule has 0 aromatic heterocycles. The number of fused-ring (bicyclic) bond motifs is 2. The van der Waals surface area contributed by atoms with Crippen molar-refractivity contribution in [3.8, 4) is 0 Å². The Bertz CT molecular complexity index is 3930. The molecule has 23 heteroatoms. The number of hydrogen-bond donors (Lipinski definition) is 0. The van der Waals surface area contributed by atoms with Crippen molar-refractivity contribution >= 4 is 125 Å². The van der Waals surface area contributed by atoms with E-state index in [-0.39, 0.29) is 27.3 Å². The van der Waals surface area contributed by atoms with Crippen LogP contribution in [-0.2, 0) is 60.1 Å². The number of unbranched alkanes of at least 4 members (excludes halogenated alkanes) is 5. The molecule has 8 rings (SSSR count). The molecule has 0 heterocycles. The first-order valence-corrected chi connectivity index (χ1v) is 33.3. The Morgan fingerprint density at radius 3 is 0.987 bits per heavy atom. The summed E-state index contributed by atoms with van der Waals surface area (Å²) >= 11 is 6.49. The summed E-state index contributed by atoms with van der Waals surface area (Å²) < 4.78 is 177. The highest BCUT2D eigenvalue weighted by Crippen LogP contribution is 2.37. The number of rotatable bonds is 21. The predicted octanol–water partition coefficient (Wildman–Crippen LogP) is 11.4. The van der Waals surface area contributed by atoms with E-state index in [1.807, 2.05) is 6.92 Å². The van der Waals surface area contributed by atoms with Crippen LogP contribution in [0.4, 0.5) is 11.4 Å². The van der Waals surface area contributed by atoms with Crippen molar-refractivity contribution in [1.29, 1.82) is 0 Å². The van der Waals surface area contributed by atoms with Crippen LogP contribution in [-0.4, -0.2) is 60.8 Å². The quantitative estimate of drug-likeness (QED) is 0.0614. The molecule has 0 N–H and O–H groups in total. The first-order chi connectivity index (χ1) is 35.5. The number of anilines is 2. The molecule has 0 aliphatic heterocycles. The lowest BCUT2D eigenvalue weighted by Gasteiger charge is -2.26. The second-order valence-electron chi connectivity index (χ2n) is 17.1. The van der Waals surface area contributed by atoms with Gasteiger partial charge in [0.15, 0.2) is 0 Å². The molecule has 0 spiro atoms. The van der Waals surface area contributed by atoms with Gasteiger partial charge in [0, 0.05) is 15.5 Å². The Kier molecular flexibility index (Phi) is 16.5. The van der Waals surface area contributed by atoms with Gasteiger partial charge in [-0.25, -0.2) is 50.5 Å². The van der Waals surface area contributed by atoms with Crippen molar-refractivity contribution in [2.45, 2.75) is 74.8 Å². The maximum atomic E-state index is 14.8.